The summed E-state index contributed by atoms with van der Waals surface area (Å²) >= 11 is 0. The zero-order valence-electron chi connectivity index (χ0n) is 14.4. The van der Waals surface area contributed by atoms with Gasteiger partial charge in [0.05, 0.1) is 0 Å². The lowest BCUT2D eigenvalue weighted by atomic mass is 9.67. The quantitative estimate of drug-likeness (QED) is 0.817. The molecule has 2 nitrogen and oxygen atoms in total. The van der Waals surface area contributed by atoms with Gasteiger partial charge in [-0.05, 0) is 56.9 Å². The van der Waals surface area contributed by atoms with Crippen molar-refractivity contribution >= 4 is 0 Å². The minimum absolute atomic E-state index is 0.462. The zero-order chi connectivity index (χ0) is 14.8. The lowest BCUT2D eigenvalue weighted by Gasteiger charge is -2.46. The van der Waals surface area contributed by atoms with E-state index in [1.807, 2.05) is 0 Å². The molecule has 2 fully saturated rings. The Morgan fingerprint density at radius 2 is 1.90 bits per heavy atom. The monoisotopic (exact) mass is 280 g/mol. The Hall–Kier alpha value is -0.0800. The van der Waals surface area contributed by atoms with Crippen molar-refractivity contribution in [2.24, 2.45) is 11.3 Å². The van der Waals surface area contributed by atoms with Gasteiger partial charge in [-0.1, -0.05) is 34.1 Å². The van der Waals surface area contributed by atoms with E-state index in [1.165, 1.54) is 45.1 Å². The highest BCUT2D eigenvalue weighted by Crippen LogP contribution is 2.40. The molecule has 1 heterocycles. The predicted octanol–water partition coefficient (Wildman–Crippen LogP) is 4.05. The number of hydrogen-bond acceptors (Lipinski definition) is 2. The van der Waals surface area contributed by atoms with Gasteiger partial charge in [0.15, 0.2) is 0 Å². The van der Waals surface area contributed by atoms with E-state index in [0.29, 0.717) is 11.5 Å². The first-order valence-corrected chi connectivity index (χ1v) is 8.98. The fraction of sp³-hybridized carbons (Fsp3) is 1.00. The van der Waals surface area contributed by atoms with Crippen LogP contribution in [-0.2, 0) is 0 Å². The number of nitrogens with zero attached hydrogens (tertiary/aromatic N) is 1. The summed E-state index contributed by atoms with van der Waals surface area (Å²) in [7, 11) is 0. The van der Waals surface area contributed by atoms with E-state index in [2.05, 4.69) is 44.8 Å². The van der Waals surface area contributed by atoms with E-state index in [9.17, 15) is 0 Å². The van der Waals surface area contributed by atoms with E-state index in [-0.39, 0.29) is 0 Å². The molecule has 0 radical (unpaired) electrons. The van der Waals surface area contributed by atoms with Gasteiger partial charge in [-0.2, -0.15) is 0 Å². The van der Waals surface area contributed by atoms with Crippen LogP contribution < -0.4 is 5.32 Å². The zero-order valence-corrected chi connectivity index (χ0v) is 14.4. The molecule has 118 valence electrons. The van der Waals surface area contributed by atoms with Gasteiger partial charge in [-0.25, -0.2) is 0 Å². The first-order chi connectivity index (χ1) is 9.49. The highest BCUT2D eigenvalue weighted by Gasteiger charge is 2.41. The predicted molar refractivity (Wildman–Crippen MR) is 88.1 cm³/mol. The molecule has 2 rings (SSSR count). The average Bonchev–Trinajstić information content (AvgIpc) is 2.74. The summed E-state index contributed by atoms with van der Waals surface area (Å²) < 4.78 is 0. The van der Waals surface area contributed by atoms with Gasteiger partial charge in [0, 0.05) is 24.7 Å². The minimum atomic E-state index is 0.462. The molecule has 1 N–H and O–H groups in total. The molecule has 0 aromatic carbocycles. The van der Waals surface area contributed by atoms with Crippen LogP contribution in [0.4, 0.5) is 0 Å². The van der Waals surface area contributed by atoms with Gasteiger partial charge in [0.2, 0.25) is 0 Å². The maximum Gasteiger partial charge on any atom is 0.0159 e. The van der Waals surface area contributed by atoms with Crippen molar-refractivity contribution in [3.63, 3.8) is 0 Å². The van der Waals surface area contributed by atoms with Crippen LogP contribution in [0, 0.1) is 11.3 Å². The molecule has 2 heteroatoms. The molecule has 2 aliphatic rings. The van der Waals surface area contributed by atoms with Crippen molar-refractivity contribution < 1.29 is 0 Å². The highest BCUT2D eigenvalue weighted by atomic mass is 15.2. The number of rotatable bonds is 5. The number of hydrogen-bond donors (Lipinski definition) is 1. The van der Waals surface area contributed by atoms with Crippen LogP contribution in [-0.4, -0.2) is 36.1 Å². The summed E-state index contributed by atoms with van der Waals surface area (Å²) in [4.78, 5) is 2.83. The van der Waals surface area contributed by atoms with Gasteiger partial charge in [0.1, 0.15) is 0 Å². The van der Waals surface area contributed by atoms with Crippen LogP contribution in [0.2, 0.25) is 0 Å². The van der Waals surface area contributed by atoms with Crippen LogP contribution >= 0.6 is 0 Å². The summed E-state index contributed by atoms with van der Waals surface area (Å²) in [6.45, 7) is 14.4. The maximum atomic E-state index is 3.82. The molecule has 0 bridgehead atoms. The highest BCUT2D eigenvalue weighted by molar-refractivity contribution is 4.96. The molecular formula is C18H36N2. The van der Waals surface area contributed by atoms with E-state index < -0.39 is 0 Å². The molecule has 1 aliphatic carbocycles. The molecule has 0 amide bonds. The van der Waals surface area contributed by atoms with Crippen molar-refractivity contribution in [1.82, 2.24) is 10.2 Å². The van der Waals surface area contributed by atoms with Crippen LogP contribution in [0.25, 0.3) is 0 Å². The molecule has 4 unspecified atom stereocenters. The average molecular weight is 280 g/mol. The van der Waals surface area contributed by atoms with Gasteiger partial charge in [-0.15, -0.1) is 0 Å². The molecular weight excluding hydrogens is 244 g/mol. The summed E-state index contributed by atoms with van der Waals surface area (Å²) in [6, 6.07) is 2.34. The fourth-order valence-corrected chi connectivity index (χ4v) is 4.80. The van der Waals surface area contributed by atoms with Crippen molar-refractivity contribution in [2.75, 3.05) is 13.1 Å². The summed E-state index contributed by atoms with van der Waals surface area (Å²) in [6.07, 6.45) is 8.36. The van der Waals surface area contributed by atoms with Crippen molar-refractivity contribution in [3.8, 4) is 0 Å². The van der Waals surface area contributed by atoms with Crippen molar-refractivity contribution in [1.29, 1.82) is 0 Å². The van der Waals surface area contributed by atoms with Crippen LogP contribution in [0.1, 0.15) is 73.1 Å². The van der Waals surface area contributed by atoms with E-state index in [1.54, 1.807) is 0 Å². The molecule has 0 aromatic heterocycles. The molecule has 1 saturated heterocycles. The van der Waals surface area contributed by atoms with Crippen molar-refractivity contribution in [3.05, 3.63) is 0 Å². The van der Waals surface area contributed by atoms with Crippen LogP contribution in [0.15, 0.2) is 0 Å². The van der Waals surface area contributed by atoms with E-state index in [0.717, 1.165) is 24.5 Å². The Kier molecular flexibility index (Phi) is 5.53. The van der Waals surface area contributed by atoms with E-state index >= 15 is 0 Å². The first-order valence-electron chi connectivity index (χ1n) is 8.98. The largest absolute Gasteiger partial charge is 0.313 e. The number of nitrogens with one attached hydrogen (secondary N) is 1. The third kappa shape index (κ3) is 3.39. The first kappa shape index (κ1) is 16.3. The third-order valence-electron chi connectivity index (χ3n) is 6.00. The van der Waals surface area contributed by atoms with Gasteiger partial charge >= 0.3 is 0 Å². The SMILES string of the molecule is CCNC1C(CN2C(C)CCC2CC)CCCC1(C)C. The smallest absolute Gasteiger partial charge is 0.0159 e. The molecule has 0 aromatic rings. The second kappa shape index (κ2) is 6.79. The summed E-state index contributed by atoms with van der Waals surface area (Å²) in [5.74, 6) is 0.841. The summed E-state index contributed by atoms with van der Waals surface area (Å²) in [5, 5.41) is 3.82. The van der Waals surface area contributed by atoms with E-state index in [4.69, 9.17) is 0 Å². The molecule has 1 saturated carbocycles. The van der Waals surface area contributed by atoms with Crippen LogP contribution in [0.3, 0.4) is 0 Å². The number of likely N-dealkylation sites (tertiary alicyclic amines) is 1. The molecule has 0 spiro atoms. The summed E-state index contributed by atoms with van der Waals surface area (Å²) in [5.41, 5.74) is 0.462. The fourth-order valence-electron chi connectivity index (χ4n) is 4.80. The Morgan fingerprint density at radius 1 is 1.15 bits per heavy atom. The van der Waals surface area contributed by atoms with Gasteiger partial charge < -0.3 is 5.32 Å². The topological polar surface area (TPSA) is 15.3 Å². The lowest BCUT2D eigenvalue weighted by Crippen LogP contribution is -2.53. The second-order valence-corrected chi connectivity index (χ2v) is 7.86. The molecule has 4 atom stereocenters. The molecule has 20 heavy (non-hydrogen) atoms. The molecule has 1 aliphatic heterocycles. The van der Waals surface area contributed by atoms with Crippen molar-refractivity contribution in [2.45, 2.75) is 91.3 Å². The standard InChI is InChI=1S/C18H36N2/c1-6-16-11-10-14(3)20(16)13-15-9-8-12-18(4,5)17(15)19-7-2/h14-17,19H,6-13H2,1-5H3. The third-order valence-corrected chi connectivity index (χ3v) is 6.00. The minimum Gasteiger partial charge on any atom is -0.313 e. The van der Waals surface area contributed by atoms with Crippen LogP contribution in [0.5, 0.6) is 0 Å². The van der Waals surface area contributed by atoms with Gasteiger partial charge in [-0.3, -0.25) is 4.90 Å². The second-order valence-electron chi connectivity index (χ2n) is 7.86. The maximum absolute atomic E-state index is 3.82. The normalized spacial score (nSPS) is 38.2. The Labute approximate surface area is 126 Å². The Morgan fingerprint density at radius 3 is 2.55 bits per heavy atom. The van der Waals surface area contributed by atoms with Gasteiger partial charge in [0.25, 0.3) is 0 Å². The Bertz CT molecular complexity index is 300. The lowest BCUT2D eigenvalue weighted by molar-refractivity contribution is 0.0646. The Balaban J connectivity index is 2.05.